The zero-order chi connectivity index (χ0) is 15.5. The van der Waals surface area contributed by atoms with Gasteiger partial charge in [-0.25, -0.2) is 8.42 Å². The Kier molecular flexibility index (Phi) is 5.66. The topological polar surface area (TPSA) is 49.4 Å². The summed E-state index contributed by atoms with van der Waals surface area (Å²) in [6, 6.07) is 5.32. The molecule has 1 N–H and O–H groups in total. The number of sulfone groups is 1. The number of nitrogens with zero attached hydrogens (tertiary/aromatic N) is 1. The Hall–Kier alpha value is -0.620. The van der Waals surface area contributed by atoms with E-state index in [0.717, 1.165) is 19.6 Å². The van der Waals surface area contributed by atoms with Gasteiger partial charge in [0.25, 0.3) is 0 Å². The molecular weight excluding hydrogens is 308 g/mol. The quantitative estimate of drug-likeness (QED) is 0.869. The molecule has 0 spiro atoms. The maximum atomic E-state index is 11.8. The van der Waals surface area contributed by atoms with Gasteiger partial charge >= 0.3 is 0 Å². The summed E-state index contributed by atoms with van der Waals surface area (Å²) in [7, 11) is -3.26. The van der Waals surface area contributed by atoms with Crippen molar-refractivity contribution in [1.82, 2.24) is 10.2 Å². The number of hydrogen-bond donors (Lipinski definition) is 1. The third-order valence-corrected chi connectivity index (χ3v) is 5.37. The van der Waals surface area contributed by atoms with Gasteiger partial charge in [-0.05, 0) is 45.0 Å². The Bertz CT molecular complexity index is 583. The van der Waals surface area contributed by atoms with Crippen LogP contribution in [-0.4, -0.2) is 45.2 Å². The lowest BCUT2D eigenvalue weighted by atomic mass is 10.2. The maximum Gasteiger partial charge on any atom is 0.175 e. The van der Waals surface area contributed by atoms with Crippen LogP contribution in [-0.2, 0) is 16.4 Å². The smallest absolute Gasteiger partial charge is 0.175 e. The predicted molar refractivity (Wildman–Crippen MR) is 86.5 cm³/mol. The molecule has 1 aromatic carbocycles. The number of likely N-dealkylation sites (tertiary alicyclic amines) is 1. The van der Waals surface area contributed by atoms with Gasteiger partial charge in [-0.15, -0.1) is 0 Å². The third-order valence-electron chi connectivity index (χ3n) is 3.83. The van der Waals surface area contributed by atoms with Gasteiger partial charge in [0.15, 0.2) is 9.84 Å². The molecule has 0 aromatic heterocycles. The molecule has 1 saturated heterocycles. The number of rotatable bonds is 6. The summed E-state index contributed by atoms with van der Waals surface area (Å²) in [4.78, 5) is 2.75. The van der Waals surface area contributed by atoms with Crippen LogP contribution in [0.2, 0.25) is 5.02 Å². The van der Waals surface area contributed by atoms with Crippen molar-refractivity contribution in [2.45, 2.75) is 37.2 Å². The average molecular weight is 331 g/mol. The standard InChI is InChI=1S/C15H23ClN2O2S/c1-12(11-18-8-3-4-9-18)17-10-13-14(16)6-5-7-15(13)21(2,19)20/h5-7,12,17H,3-4,8-11H2,1-2H3. The molecule has 0 amide bonds. The summed E-state index contributed by atoms with van der Waals surface area (Å²) in [5.41, 5.74) is 0.662. The molecule has 1 atom stereocenters. The molecule has 1 heterocycles. The molecule has 0 radical (unpaired) electrons. The van der Waals surface area contributed by atoms with Gasteiger partial charge in [-0.1, -0.05) is 17.7 Å². The Balaban J connectivity index is 2.02. The highest BCUT2D eigenvalue weighted by molar-refractivity contribution is 7.90. The molecule has 4 nitrogen and oxygen atoms in total. The Morgan fingerprint density at radius 2 is 2.00 bits per heavy atom. The van der Waals surface area contributed by atoms with E-state index in [1.54, 1.807) is 18.2 Å². The van der Waals surface area contributed by atoms with Crippen LogP contribution in [0, 0.1) is 0 Å². The zero-order valence-electron chi connectivity index (χ0n) is 12.6. The Morgan fingerprint density at radius 3 is 2.62 bits per heavy atom. The summed E-state index contributed by atoms with van der Waals surface area (Å²) >= 11 is 6.17. The molecule has 1 fully saturated rings. The Morgan fingerprint density at radius 1 is 1.33 bits per heavy atom. The van der Waals surface area contributed by atoms with Crippen LogP contribution in [0.1, 0.15) is 25.3 Å². The number of nitrogens with one attached hydrogen (secondary N) is 1. The van der Waals surface area contributed by atoms with Crippen molar-refractivity contribution >= 4 is 21.4 Å². The first-order valence-corrected chi connectivity index (χ1v) is 9.58. The van der Waals surface area contributed by atoms with E-state index in [1.807, 2.05) is 0 Å². The van der Waals surface area contributed by atoms with Gasteiger partial charge in [0.1, 0.15) is 0 Å². The van der Waals surface area contributed by atoms with Crippen LogP contribution in [0.5, 0.6) is 0 Å². The number of benzene rings is 1. The first-order valence-electron chi connectivity index (χ1n) is 7.31. The van der Waals surface area contributed by atoms with Crippen LogP contribution in [0.15, 0.2) is 23.1 Å². The van der Waals surface area contributed by atoms with Gasteiger partial charge in [-0.2, -0.15) is 0 Å². The van der Waals surface area contributed by atoms with E-state index in [0.29, 0.717) is 28.1 Å². The van der Waals surface area contributed by atoms with Gasteiger partial charge in [0.2, 0.25) is 0 Å². The van der Waals surface area contributed by atoms with Crippen molar-refractivity contribution in [2.24, 2.45) is 0 Å². The zero-order valence-corrected chi connectivity index (χ0v) is 14.2. The summed E-state index contributed by atoms with van der Waals surface area (Å²) in [5.74, 6) is 0. The van der Waals surface area contributed by atoms with E-state index in [4.69, 9.17) is 11.6 Å². The van der Waals surface area contributed by atoms with E-state index >= 15 is 0 Å². The van der Waals surface area contributed by atoms with E-state index in [2.05, 4.69) is 17.1 Å². The van der Waals surface area contributed by atoms with Crippen LogP contribution in [0.4, 0.5) is 0 Å². The normalized spacial score (nSPS) is 18.0. The van der Waals surface area contributed by atoms with Gasteiger partial charge in [0.05, 0.1) is 4.90 Å². The highest BCUT2D eigenvalue weighted by Gasteiger charge is 2.18. The average Bonchev–Trinajstić information content (AvgIpc) is 2.88. The highest BCUT2D eigenvalue weighted by atomic mass is 35.5. The van der Waals surface area contributed by atoms with Gasteiger partial charge in [-0.3, -0.25) is 0 Å². The molecule has 1 unspecified atom stereocenters. The van der Waals surface area contributed by atoms with Gasteiger partial charge < -0.3 is 10.2 Å². The molecule has 1 aromatic rings. The fourth-order valence-corrected chi connectivity index (χ4v) is 4.00. The van der Waals surface area contributed by atoms with E-state index in [1.165, 1.54) is 19.1 Å². The lowest BCUT2D eigenvalue weighted by Crippen LogP contribution is -2.37. The van der Waals surface area contributed by atoms with Crippen LogP contribution >= 0.6 is 11.6 Å². The molecular formula is C15H23ClN2O2S. The molecule has 21 heavy (non-hydrogen) atoms. The number of halogens is 1. The van der Waals surface area contributed by atoms with Crippen molar-refractivity contribution in [2.75, 3.05) is 25.9 Å². The number of hydrogen-bond acceptors (Lipinski definition) is 4. The van der Waals surface area contributed by atoms with E-state index in [-0.39, 0.29) is 0 Å². The SMILES string of the molecule is CC(CN1CCCC1)NCc1c(Cl)cccc1S(C)(=O)=O. The first kappa shape index (κ1) is 16.7. The summed E-state index contributed by atoms with van der Waals surface area (Å²) in [5, 5.41) is 3.89. The molecule has 1 aliphatic heterocycles. The molecule has 2 rings (SSSR count). The fraction of sp³-hybridized carbons (Fsp3) is 0.600. The minimum atomic E-state index is -3.26. The first-order chi connectivity index (χ1) is 9.88. The second-order valence-corrected chi connectivity index (χ2v) is 8.17. The largest absolute Gasteiger partial charge is 0.309 e. The van der Waals surface area contributed by atoms with Crippen molar-refractivity contribution < 1.29 is 8.42 Å². The fourth-order valence-electron chi connectivity index (χ4n) is 2.75. The molecule has 6 heteroatoms. The molecule has 0 saturated carbocycles. The monoisotopic (exact) mass is 330 g/mol. The predicted octanol–water partition coefficient (Wildman–Crippen LogP) is 2.32. The highest BCUT2D eigenvalue weighted by Crippen LogP contribution is 2.24. The summed E-state index contributed by atoms with van der Waals surface area (Å²) in [6.07, 6.45) is 3.76. The van der Waals surface area contributed by atoms with Crippen molar-refractivity contribution in [1.29, 1.82) is 0 Å². The van der Waals surface area contributed by atoms with Crippen LogP contribution < -0.4 is 5.32 Å². The lowest BCUT2D eigenvalue weighted by Gasteiger charge is -2.22. The van der Waals surface area contributed by atoms with Crippen LogP contribution in [0.3, 0.4) is 0 Å². The van der Waals surface area contributed by atoms with Crippen molar-refractivity contribution in [3.05, 3.63) is 28.8 Å². The minimum Gasteiger partial charge on any atom is -0.309 e. The van der Waals surface area contributed by atoms with Gasteiger partial charge in [0, 0.05) is 36.0 Å². The Labute approximate surface area is 132 Å². The summed E-state index contributed by atoms with van der Waals surface area (Å²) in [6.45, 7) is 5.89. The second kappa shape index (κ2) is 7.09. The second-order valence-electron chi connectivity index (χ2n) is 5.78. The molecule has 1 aliphatic rings. The van der Waals surface area contributed by atoms with Crippen molar-refractivity contribution in [3.63, 3.8) is 0 Å². The molecule has 0 bridgehead atoms. The lowest BCUT2D eigenvalue weighted by molar-refractivity contribution is 0.298. The van der Waals surface area contributed by atoms with Crippen LogP contribution in [0.25, 0.3) is 0 Å². The van der Waals surface area contributed by atoms with E-state index < -0.39 is 9.84 Å². The maximum absolute atomic E-state index is 11.8. The van der Waals surface area contributed by atoms with Crippen molar-refractivity contribution in [3.8, 4) is 0 Å². The summed E-state index contributed by atoms with van der Waals surface area (Å²) < 4.78 is 23.7. The van der Waals surface area contributed by atoms with E-state index in [9.17, 15) is 8.42 Å². The molecule has 118 valence electrons. The third kappa shape index (κ3) is 4.68. The minimum absolute atomic E-state index is 0.298. The molecule has 0 aliphatic carbocycles.